The van der Waals surface area contributed by atoms with Crippen molar-refractivity contribution in [2.24, 2.45) is 5.73 Å². The lowest BCUT2D eigenvalue weighted by molar-refractivity contribution is -0.149. The number of amides is 2. The fraction of sp³-hybridized carbons (Fsp3) is 0.750. The van der Waals surface area contributed by atoms with Crippen LogP contribution in [0.2, 0.25) is 0 Å². The number of nitrogens with two attached hydrogens (primary N) is 1. The molecule has 0 heterocycles. The van der Waals surface area contributed by atoms with Crippen LogP contribution in [-0.4, -0.2) is 40.5 Å². The maximum atomic E-state index is 11.4. The molecule has 5 heteroatoms. The van der Waals surface area contributed by atoms with Crippen molar-refractivity contribution in [3.63, 3.8) is 0 Å². The van der Waals surface area contributed by atoms with E-state index in [0.29, 0.717) is 6.54 Å². The van der Waals surface area contributed by atoms with Crippen molar-refractivity contribution < 1.29 is 14.7 Å². The van der Waals surface area contributed by atoms with Gasteiger partial charge in [0.1, 0.15) is 5.60 Å². The quantitative estimate of drug-likeness (QED) is 0.599. The van der Waals surface area contributed by atoms with Crippen LogP contribution in [0.25, 0.3) is 0 Å². The molecule has 0 atom stereocenters. The number of aliphatic hydroxyl groups is 1. The number of nitrogens with zero attached hydrogens (tertiary/aromatic N) is 1. The van der Waals surface area contributed by atoms with Gasteiger partial charge >= 0.3 is 0 Å². The zero-order valence-electron chi connectivity index (χ0n) is 8.20. The molecule has 0 aliphatic heterocycles. The van der Waals surface area contributed by atoms with Crippen LogP contribution in [0.15, 0.2) is 0 Å². The Labute approximate surface area is 77.5 Å². The third-order valence-corrected chi connectivity index (χ3v) is 1.54. The summed E-state index contributed by atoms with van der Waals surface area (Å²) in [5, 5.41) is 9.36. The number of carbonyl (C=O) groups excluding carboxylic acids is 2. The molecule has 0 rings (SSSR count). The Morgan fingerprint density at radius 2 is 1.92 bits per heavy atom. The summed E-state index contributed by atoms with van der Waals surface area (Å²) < 4.78 is 0. The summed E-state index contributed by atoms with van der Waals surface area (Å²) in [6.45, 7) is 4.66. The molecule has 0 fully saturated rings. The molecule has 0 aromatic rings. The molecule has 2 amide bonds. The molecule has 0 saturated carbocycles. The summed E-state index contributed by atoms with van der Waals surface area (Å²) in [6.07, 6.45) is 0. The highest BCUT2D eigenvalue weighted by atomic mass is 16.3. The minimum absolute atomic E-state index is 0.153. The molecule has 0 aromatic carbocycles. The van der Waals surface area contributed by atoms with Gasteiger partial charge in [-0.2, -0.15) is 0 Å². The number of primary amides is 1. The van der Waals surface area contributed by atoms with E-state index in [2.05, 4.69) is 0 Å². The number of hydrogen-bond acceptors (Lipinski definition) is 3. The van der Waals surface area contributed by atoms with E-state index in [9.17, 15) is 14.7 Å². The average Bonchev–Trinajstić information content (AvgIpc) is 1.96. The van der Waals surface area contributed by atoms with Crippen molar-refractivity contribution in [1.82, 2.24) is 4.90 Å². The second-order valence-electron chi connectivity index (χ2n) is 3.34. The normalized spacial score (nSPS) is 11.1. The summed E-state index contributed by atoms with van der Waals surface area (Å²) in [5.74, 6) is -1.08. The molecule has 0 aliphatic carbocycles. The molecule has 0 saturated heterocycles. The van der Waals surface area contributed by atoms with Crippen LogP contribution >= 0.6 is 0 Å². The summed E-state index contributed by atoms with van der Waals surface area (Å²) in [6, 6.07) is 0. The Hall–Kier alpha value is -1.10. The monoisotopic (exact) mass is 188 g/mol. The lowest BCUT2D eigenvalue weighted by Crippen LogP contribution is -2.48. The van der Waals surface area contributed by atoms with Crippen molar-refractivity contribution in [2.75, 3.05) is 13.1 Å². The predicted octanol–water partition coefficient (Wildman–Crippen LogP) is -0.909. The SMILES string of the molecule is CCN(CC(N)=O)C(=O)C(C)(C)O. The minimum atomic E-state index is -1.45. The molecule has 13 heavy (non-hydrogen) atoms. The van der Waals surface area contributed by atoms with Gasteiger partial charge in [0.25, 0.3) is 5.91 Å². The molecule has 0 unspecified atom stereocenters. The molecule has 0 aromatic heterocycles. The lowest BCUT2D eigenvalue weighted by atomic mass is 10.1. The smallest absolute Gasteiger partial charge is 0.254 e. The number of rotatable bonds is 4. The van der Waals surface area contributed by atoms with Crippen LogP contribution in [0.1, 0.15) is 20.8 Å². The van der Waals surface area contributed by atoms with Crippen molar-refractivity contribution in [2.45, 2.75) is 26.4 Å². The lowest BCUT2D eigenvalue weighted by Gasteiger charge is -2.26. The molecule has 76 valence electrons. The van der Waals surface area contributed by atoms with Crippen LogP contribution in [0.5, 0.6) is 0 Å². The van der Waals surface area contributed by atoms with Crippen molar-refractivity contribution in [3.05, 3.63) is 0 Å². The van der Waals surface area contributed by atoms with Crippen LogP contribution in [0.4, 0.5) is 0 Å². The molecular weight excluding hydrogens is 172 g/mol. The number of likely N-dealkylation sites (N-methyl/N-ethyl adjacent to an activating group) is 1. The molecule has 5 nitrogen and oxygen atoms in total. The van der Waals surface area contributed by atoms with Gasteiger partial charge in [-0.05, 0) is 20.8 Å². The largest absolute Gasteiger partial charge is 0.381 e. The third-order valence-electron chi connectivity index (χ3n) is 1.54. The topological polar surface area (TPSA) is 83.6 Å². The van der Waals surface area contributed by atoms with E-state index < -0.39 is 17.4 Å². The van der Waals surface area contributed by atoms with Gasteiger partial charge in [0.05, 0.1) is 6.54 Å². The first-order valence-electron chi connectivity index (χ1n) is 4.09. The van der Waals surface area contributed by atoms with Crippen molar-refractivity contribution in [3.8, 4) is 0 Å². The summed E-state index contributed by atoms with van der Waals surface area (Å²) in [7, 11) is 0. The second-order valence-corrected chi connectivity index (χ2v) is 3.34. The van der Waals surface area contributed by atoms with E-state index in [-0.39, 0.29) is 6.54 Å². The van der Waals surface area contributed by atoms with E-state index in [0.717, 1.165) is 0 Å². The van der Waals surface area contributed by atoms with Crippen LogP contribution in [0, 0.1) is 0 Å². The first-order chi connectivity index (χ1) is 5.79. The Bertz CT molecular complexity index is 208. The van der Waals surface area contributed by atoms with E-state index in [4.69, 9.17) is 5.73 Å². The maximum Gasteiger partial charge on any atom is 0.254 e. The van der Waals surface area contributed by atoms with Crippen LogP contribution < -0.4 is 5.73 Å². The molecule has 0 bridgehead atoms. The number of hydrogen-bond donors (Lipinski definition) is 2. The van der Waals surface area contributed by atoms with Gasteiger partial charge in [-0.15, -0.1) is 0 Å². The second kappa shape index (κ2) is 4.23. The van der Waals surface area contributed by atoms with Gasteiger partial charge in [-0.3, -0.25) is 9.59 Å². The average molecular weight is 188 g/mol. The Morgan fingerprint density at radius 3 is 2.15 bits per heavy atom. The van der Waals surface area contributed by atoms with E-state index in [1.165, 1.54) is 18.7 Å². The summed E-state index contributed by atoms with van der Waals surface area (Å²) >= 11 is 0. The van der Waals surface area contributed by atoms with Gasteiger partial charge in [0.15, 0.2) is 0 Å². The van der Waals surface area contributed by atoms with Gasteiger partial charge in [0.2, 0.25) is 5.91 Å². The highest BCUT2D eigenvalue weighted by Gasteiger charge is 2.28. The molecule has 0 spiro atoms. The first-order valence-corrected chi connectivity index (χ1v) is 4.09. The zero-order chi connectivity index (χ0) is 10.6. The Balaban J connectivity index is 4.41. The fourth-order valence-corrected chi connectivity index (χ4v) is 0.902. The highest BCUT2D eigenvalue weighted by molar-refractivity contribution is 5.88. The highest BCUT2D eigenvalue weighted by Crippen LogP contribution is 2.06. The van der Waals surface area contributed by atoms with E-state index in [1.807, 2.05) is 0 Å². The number of carbonyl (C=O) groups is 2. The molecular formula is C8H16N2O3. The Morgan fingerprint density at radius 1 is 1.46 bits per heavy atom. The van der Waals surface area contributed by atoms with E-state index >= 15 is 0 Å². The standard InChI is InChI=1S/C8H16N2O3/c1-4-10(5-6(9)11)7(12)8(2,3)13/h13H,4-5H2,1-3H3,(H2,9,11). The Kier molecular flexibility index (Phi) is 3.87. The third kappa shape index (κ3) is 3.89. The summed E-state index contributed by atoms with van der Waals surface area (Å²) in [5.41, 5.74) is 3.48. The predicted molar refractivity (Wildman–Crippen MR) is 47.7 cm³/mol. The van der Waals surface area contributed by atoms with Crippen molar-refractivity contribution in [1.29, 1.82) is 0 Å². The zero-order valence-corrected chi connectivity index (χ0v) is 8.20. The first kappa shape index (κ1) is 11.9. The molecule has 0 radical (unpaired) electrons. The molecule has 0 aliphatic rings. The van der Waals surface area contributed by atoms with E-state index in [1.54, 1.807) is 6.92 Å². The minimum Gasteiger partial charge on any atom is -0.381 e. The van der Waals surface area contributed by atoms with Crippen molar-refractivity contribution >= 4 is 11.8 Å². The van der Waals surface area contributed by atoms with Crippen LogP contribution in [-0.2, 0) is 9.59 Å². The van der Waals surface area contributed by atoms with Crippen LogP contribution in [0.3, 0.4) is 0 Å². The van der Waals surface area contributed by atoms with Gasteiger partial charge in [0, 0.05) is 6.54 Å². The summed E-state index contributed by atoms with van der Waals surface area (Å²) in [4.78, 5) is 23.2. The van der Waals surface area contributed by atoms with Gasteiger partial charge in [-0.1, -0.05) is 0 Å². The van der Waals surface area contributed by atoms with Gasteiger partial charge in [-0.25, -0.2) is 0 Å². The fourth-order valence-electron chi connectivity index (χ4n) is 0.902. The maximum absolute atomic E-state index is 11.4. The molecule has 3 N–H and O–H groups in total. The van der Waals surface area contributed by atoms with Gasteiger partial charge < -0.3 is 15.7 Å².